The molecular weight excluding hydrogens is 464 g/mol. The highest BCUT2D eigenvalue weighted by Crippen LogP contribution is 2.39. The highest BCUT2D eigenvalue weighted by Gasteiger charge is 2.34. The summed E-state index contributed by atoms with van der Waals surface area (Å²) in [7, 11) is 0. The van der Waals surface area contributed by atoms with Crippen molar-refractivity contribution in [2.75, 3.05) is 19.7 Å². The summed E-state index contributed by atoms with van der Waals surface area (Å²) >= 11 is 9.86. The minimum atomic E-state index is -0.0577. The molecule has 1 fully saturated rings. The van der Waals surface area contributed by atoms with Crippen LogP contribution < -0.4 is 0 Å². The Morgan fingerprint density at radius 3 is 2.60 bits per heavy atom. The molecule has 1 atom stereocenters. The number of nitrogens with zero attached hydrogens (tertiary/aromatic N) is 2. The summed E-state index contributed by atoms with van der Waals surface area (Å²) in [4.78, 5) is 19.4. The van der Waals surface area contributed by atoms with Crippen LogP contribution in [0.1, 0.15) is 62.0 Å². The molecular formula is C24H30BrClN2O2. The summed E-state index contributed by atoms with van der Waals surface area (Å²) in [5, 5.41) is 0.776. The van der Waals surface area contributed by atoms with Crippen LogP contribution in [0.4, 0.5) is 0 Å². The number of carbonyl (C=O) groups excluding carboxylic acids is 1. The second kappa shape index (κ2) is 10.7. The Morgan fingerprint density at radius 1 is 1.20 bits per heavy atom. The summed E-state index contributed by atoms with van der Waals surface area (Å²) in [6.45, 7) is 8.02. The van der Waals surface area contributed by atoms with Crippen LogP contribution in [0.3, 0.4) is 0 Å². The Hall–Kier alpha value is -1.43. The van der Waals surface area contributed by atoms with Crippen LogP contribution >= 0.6 is 27.5 Å². The summed E-state index contributed by atoms with van der Waals surface area (Å²) in [5.41, 5.74) is 4.98. The molecule has 1 unspecified atom stereocenters. The molecule has 1 aromatic heterocycles. The van der Waals surface area contributed by atoms with Gasteiger partial charge in [-0.2, -0.15) is 0 Å². The van der Waals surface area contributed by atoms with Gasteiger partial charge >= 0.3 is 5.97 Å². The zero-order chi connectivity index (χ0) is 21.7. The topological polar surface area (TPSA) is 42.4 Å². The number of benzene rings is 1. The molecule has 0 N–H and O–H groups in total. The van der Waals surface area contributed by atoms with Crippen molar-refractivity contribution in [2.45, 2.75) is 52.5 Å². The van der Waals surface area contributed by atoms with Crippen molar-refractivity contribution in [2.24, 2.45) is 5.92 Å². The molecule has 0 spiro atoms. The van der Waals surface area contributed by atoms with Gasteiger partial charge in [-0.1, -0.05) is 31.5 Å². The predicted octanol–water partition coefficient (Wildman–Crippen LogP) is 5.99. The van der Waals surface area contributed by atoms with E-state index < -0.39 is 0 Å². The maximum absolute atomic E-state index is 12.1. The number of likely N-dealkylation sites (tertiary alicyclic amines) is 1. The van der Waals surface area contributed by atoms with Crippen LogP contribution in [0.25, 0.3) is 0 Å². The zero-order valence-electron chi connectivity index (χ0n) is 18.0. The molecule has 0 amide bonds. The fourth-order valence-corrected chi connectivity index (χ4v) is 5.01. The molecule has 1 aliphatic heterocycles. The molecule has 0 radical (unpaired) electrons. The quantitative estimate of drug-likeness (QED) is 0.493. The standard InChI is InChI=1S/C22H24BrClN2O2.C2H6/c1-2-28-22(27)14-7-9-26(10-8-14)21-19-6-5-18(24)12-15(19)3-4-16-11-17(23)13-25-20(16)21;1-2/h5-6,11-14,21H,2-4,7-10H2,1H3;1-2H3. The number of aryl methyl sites for hydroxylation is 2. The van der Waals surface area contributed by atoms with Crippen molar-refractivity contribution in [3.63, 3.8) is 0 Å². The highest BCUT2D eigenvalue weighted by molar-refractivity contribution is 9.10. The number of esters is 1. The number of rotatable bonds is 3. The lowest BCUT2D eigenvalue weighted by molar-refractivity contribution is -0.149. The SMILES string of the molecule is CC.CCOC(=O)C1CCN(C2c3ccc(Cl)cc3CCc3cc(Br)cnc32)CC1. The first-order chi connectivity index (χ1) is 14.6. The Balaban J connectivity index is 0.00000124. The van der Waals surface area contributed by atoms with Gasteiger partial charge in [-0.05, 0) is 96.5 Å². The number of hydrogen-bond donors (Lipinski definition) is 0. The summed E-state index contributed by atoms with van der Waals surface area (Å²) in [6, 6.07) is 8.51. The number of halogens is 2. The molecule has 1 aromatic carbocycles. The molecule has 162 valence electrons. The van der Waals surface area contributed by atoms with E-state index in [1.807, 2.05) is 33.0 Å². The minimum Gasteiger partial charge on any atom is -0.466 e. The van der Waals surface area contributed by atoms with Crippen molar-refractivity contribution in [1.29, 1.82) is 0 Å². The van der Waals surface area contributed by atoms with Crippen LogP contribution in [-0.2, 0) is 22.4 Å². The van der Waals surface area contributed by atoms with E-state index in [0.29, 0.717) is 6.61 Å². The van der Waals surface area contributed by atoms with Gasteiger partial charge in [-0.25, -0.2) is 0 Å². The Bertz CT molecular complexity index is 828. The van der Waals surface area contributed by atoms with Crippen molar-refractivity contribution in [3.05, 3.63) is 62.3 Å². The second-order valence-electron chi connectivity index (χ2n) is 7.51. The molecule has 6 heteroatoms. The Labute approximate surface area is 193 Å². The fourth-order valence-electron chi connectivity index (χ4n) is 4.44. The van der Waals surface area contributed by atoms with Crippen molar-refractivity contribution in [1.82, 2.24) is 9.88 Å². The van der Waals surface area contributed by atoms with Crippen molar-refractivity contribution >= 4 is 33.5 Å². The van der Waals surface area contributed by atoms with Crippen LogP contribution in [0, 0.1) is 5.92 Å². The summed E-state index contributed by atoms with van der Waals surface area (Å²) in [5.74, 6) is -0.0540. The maximum Gasteiger partial charge on any atom is 0.309 e. The molecule has 2 aliphatic rings. The third-order valence-corrected chi connectivity index (χ3v) is 6.47. The second-order valence-corrected chi connectivity index (χ2v) is 8.86. The first kappa shape index (κ1) is 23.2. The molecule has 0 bridgehead atoms. The smallest absolute Gasteiger partial charge is 0.309 e. The van der Waals surface area contributed by atoms with Gasteiger partial charge < -0.3 is 4.74 Å². The molecule has 0 saturated carbocycles. The largest absolute Gasteiger partial charge is 0.466 e. The number of fused-ring (bicyclic) bond motifs is 2. The van der Waals surface area contributed by atoms with Gasteiger partial charge in [0.25, 0.3) is 0 Å². The van der Waals surface area contributed by atoms with Crippen LogP contribution in [0.15, 0.2) is 34.9 Å². The number of pyridine rings is 1. The molecule has 4 nitrogen and oxygen atoms in total. The van der Waals surface area contributed by atoms with E-state index in [1.165, 1.54) is 16.7 Å². The maximum atomic E-state index is 12.1. The normalized spacial score (nSPS) is 19.0. The zero-order valence-corrected chi connectivity index (χ0v) is 20.3. The van der Waals surface area contributed by atoms with Crippen LogP contribution in [-0.4, -0.2) is 35.5 Å². The number of ether oxygens (including phenoxy) is 1. The average molecular weight is 494 g/mol. The first-order valence-electron chi connectivity index (χ1n) is 10.9. The third kappa shape index (κ3) is 5.06. The van der Waals surface area contributed by atoms with Gasteiger partial charge in [0.2, 0.25) is 0 Å². The monoisotopic (exact) mass is 492 g/mol. The van der Waals surface area contributed by atoms with E-state index in [-0.39, 0.29) is 17.9 Å². The average Bonchev–Trinajstić information content (AvgIpc) is 2.91. The first-order valence-corrected chi connectivity index (χ1v) is 12.1. The molecule has 1 saturated heterocycles. The molecule has 30 heavy (non-hydrogen) atoms. The molecule has 2 aromatic rings. The van der Waals surface area contributed by atoms with E-state index in [2.05, 4.69) is 39.0 Å². The highest BCUT2D eigenvalue weighted by atomic mass is 79.9. The van der Waals surface area contributed by atoms with E-state index in [1.54, 1.807) is 0 Å². The number of carbonyl (C=O) groups is 1. The lowest BCUT2D eigenvalue weighted by Gasteiger charge is -2.37. The van der Waals surface area contributed by atoms with E-state index in [0.717, 1.165) is 54.0 Å². The van der Waals surface area contributed by atoms with E-state index in [9.17, 15) is 4.79 Å². The fraction of sp³-hybridized carbons (Fsp3) is 0.500. The van der Waals surface area contributed by atoms with Crippen molar-refractivity contribution < 1.29 is 9.53 Å². The third-order valence-electron chi connectivity index (χ3n) is 5.80. The molecule has 1 aliphatic carbocycles. The lowest BCUT2D eigenvalue weighted by atomic mass is 9.91. The van der Waals surface area contributed by atoms with Gasteiger partial charge in [-0.3, -0.25) is 14.7 Å². The Morgan fingerprint density at radius 2 is 1.90 bits per heavy atom. The van der Waals surface area contributed by atoms with Crippen LogP contribution in [0.2, 0.25) is 5.02 Å². The van der Waals surface area contributed by atoms with Crippen LogP contribution in [0.5, 0.6) is 0 Å². The van der Waals surface area contributed by atoms with Gasteiger partial charge in [0, 0.05) is 15.7 Å². The lowest BCUT2D eigenvalue weighted by Crippen LogP contribution is -2.40. The summed E-state index contributed by atoms with van der Waals surface area (Å²) in [6.07, 6.45) is 5.44. The molecule has 2 heterocycles. The van der Waals surface area contributed by atoms with Gasteiger partial charge in [0.15, 0.2) is 0 Å². The van der Waals surface area contributed by atoms with E-state index in [4.69, 9.17) is 21.3 Å². The number of piperidine rings is 1. The minimum absolute atomic E-state index is 0.00372. The number of hydrogen-bond acceptors (Lipinski definition) is 4. The van der Waals surface area contributed by atoms with Gasteiger partial charge in [-0.15, -0.1) is 0 Å². The van der Waals surface area contributed by atoms with Crippen molar-refractivity contribution in [3.8, 4) is 0 Å². The number of aromatic nitrogens is 1. The van der Waals surface area contributed by atoms with Gasteiger partial charge in [0.1, 0.15) is 0 Å². The summed E-state index contributed by atoms with van der Waals surface area (Å²) < 4.78 is 6.24. The predicted molar refractivity (Wildman–Crippen MR) is 125 cm³/mol. The molecule has 4 rings (SSSR count). The Kier molecular flexibility index (Phi) is 8.32. The van der Waals surface area contributed by atoms with E-state index >= 15 is 0 Å². The van der Waals surface area contributed by atoms with Gasteiger partial charge in [0.05, 0.1) is 24.3 Å².